The zero-order chi connectivity index (χ0) is 14.7. The van der Waals surface area contributed by atoms with Crippen molar-refractivity contribution in [1.29, 1.82) is 0 Å². The highest BCUT2D eigenvalue weighted by atomic mass is 16.1. The Morgan fingerprint density at radius 1 is 1.15 bits per heavy atom. The van der Waals surface area contributed by atoms with E-state index >= 15 is 0 Å². The van der Waals surface area contributed by atoms with E-state index in [1.165, 1.54) is 0 Å². The van der Waals surface area contributed by atoms with Gasteiger partial charge in [-0.3, -0.25) is 4.79 Å². The molecule has 1 amide bonds. The van der Waals surface area contributed by atoms with Crippen molar-refractivity contribution in [2.75, 3.05) is 5.73 Å². The Kier molecular flexibility index (Phi) is 4.05. The number of benzene rings is 2. The highest BCUT2D eigenvalue weighted by molar-refractivity contribution is 6.01. The number of nitrogens with two attached hydrogens (primary N) is 3. The molecule has 0 saturated heterocycles. The number of amides is 1. The molecule has 0 bridgehead atoms. The molecule has 0 saturated carbocycles. The summed E-state index contributed by atoms with van der Waals surface area (Å²) < 4.78 is 0. The lowest BCUT2D eigenvalue weighted by Gasteiger charge is -2.16. The molecule has 0 radical (unpaired) electrons. The van der Waals surface area contributed by atoms with Crippen LogP contribution < -0.4 is 17.2 Å². The first-order valence-corrected chi connectivity index (χ1v) is 6.59. The lowest BCUT2D eigenvalue weighted by Crippen LogP contribution is -2.14. The Labute approximate surface area is 118 Å². The monoisotopic (exact) mass is 269 g/mol. The van der Waals surface area contributed by atoms with E-state index in [1.54, 1.807) is 12.1 Å². The van der Waals surface area contributed by atoms with Gasteiger partial charge in [0.05, 0.1) is 0 Å². The van der Waals surface area contributed by atoms with Crippen LogP contribution in [0.5, 0.6) is 0 Å². The average molecular weight is 269 g/mol. The molecule has 0 atom stereocenters. The summed E-state index contributed by atoms with van der Waals surface area (Å²) in [7, 11) is 0. The molecule has 4 heteroatoms. The van der Waals surface area contributed by atoms with Crippen molar-refractivity contribution in [3.8, 4) is 11.1 Å². The molecule has 6 N–H and O–H groups in total. The molecule has 0 aliphatic heterocycles. The molecular formula is C16H19N3O. The Morgan fingerprint density at radius 2 is 1.85 bits per heavy atom. The van der Waals surface area contributed by atoms with Crippen LogP contribution in [0, 0.1) is 0 Å². The summed E-state index contributed by atoms with van der Waals surface area (Å²) in [4.78, 5) is 11.7. The third-order valence-corrected chi connectivity index (χ3v) is 3.42. The SMILES string of the molecule is CCc1cccc(CN)c1-c1ccc(N)cc1C(N)=O. The lowest BCUT2D eigenvalue weighted by atomic mass is 9.89. The van der Waals surface area contributed by atoms with Gasteiger partial charge in [0.15, 0.2) is 0 Å². The predicted molar refractivity (Wildman–Crippen MR) is 82.1 cm³/mol. The van der Waals surface area contributed by atoms with E-state index in [2.05, 4.69) is 6.92 Å². The Balaban J connectivity index is 2.77. The lowest BCUT2D eigenvalue weighted by molar-refractivity contribution is 0.100. The normalized spacial score (nSPS) is 10.5. The summed E-state index contributed by atoms with van der Waals surface area (Å²) in [6.07, 6.45) is 0.853. The van der Waals surface area contributed by atoms with E-state index in [0.29, 0.717) is 17.8 Å². The van der Waals surface area contributed by atoms with E-state index in [-0.39, 0.29) is 0 Å². The molecule has 0 spiro atoms. The molecule has 0 aliphatic carbocycles. The highest BCUT2D eigenvalue weighted by Gasteiger charge is 2.15. The van der Waals surface area contributed by atoms with Crippen LogP contribution in [0.1, 0.15) is 28.4 Å². The van der Waals surface area contributed by atoms with Gasteiger partial charge in [-0.15, -0.1) is 0 Å². The molecule has 104 valence electrons. The number of hydrogen-bond donors (Lipinski definition) is 3. The first-order chi connectivity index (χ1) is 9.58. The van der Waals surface area contributed by atoms with Crippen LogP contribution in [0.2, 0.25) is 0 Å². The van der Waals surface area contributed by atoms with Crippen LogP contribution in [0.4, 0.5) is 5.69 Å². The molecule has 20 heavy (non-hydrogen) atoms. The second kappa shape index (κ2) is 5.75. The highest BCUT2D eigenvalue weighted by Crippen LogP contribution is 2.32. The van der Waals surface area contributed by atoms with Crippen LogP contribution in [0.3, 0.4) is 0 Å². The minimum absolute atomic E-state index is 0.408. The third-order valence-electron chi connectivity index (χ3n) is 3.42. The van der Waals surface area contributed by atoms with Gasteiger partial charge in [-0.05, 0) is 40.8 Å². The van der Waals surface area contributed by atoms with Crippen LogP contribution in [-0.2, 0) is 13.0 Å². The fraction of sp³-hybridized carbons (Fsp3) is 0.188. The number of carbonyl (C=O) groups is 1. The van der Waals surface area contributed by atoms with Gasteiger partial charge in [-0.2, -0.15) is 0 Å². The molecule has 4 nitrogen and oxygen atoms in total. The first-order valence-electron chi connectivity index (χ1n) is 6.59. The molecule has 2 aromatic rings. The molecule has 0 unspecified atom stereocenters. The number of hydrogen-bond acceptors (Lipinski definition) is 3. The predicted octanol–water partition coefficient (Wildman–Crippen LogP) is 2.06. The van der Waals surface area contributed by atoms with E-state index in [1.807, 2.05) is 24.3 Å². The quantitative estimate of drug-likeness (QED) is 0.741. The Morgan fingerprint density at radius 3 is 2.45 bits per heavy atom. The summed E-state index contributed by atoms with van der Waals surface area (Å²) in [5, 5.41) is 0. The first kappa shape index (κ1) is 14.1. The van der Waals surface area contributed by atoms with E-state index < -0.39 is 5.91 Å². The number of nitrogen functional groups attached to an aromatic ring is 1. The van der Waals surface area contributed by atoms with E-state index in [0.717, 1.165) is 28.7 Å². The topological polar surface area (TPSA) is 95.1 Å². The number of aryl methyl sites for hydroxylation is 1. The van der Waals surface area contributed by atoms with Gasteiger partial charge in [-0.1, -0.05) is 31.2 Å². The minimum atomic E-state index is -0.485. The molecule has 0 aliphatic rings. The van der Waals surface area contributed by atoms with Gasteiger partial charge in [0, 0.05) is 17.8 Å². The molecule has 0 heterocycles. The smallest absolute Gasteiger partial charge is 0.249 e. The summed E-state index contributed by atoms with van der Waals surface area (Å²) in [5.41, 5.74) is 21.9. The standard InChI is InChI=1S/C16H19N3O/c1-2-10-4-3-5-11(9-17)15(10)13-7-6-12(18)8-14(13)16(19)20/h3-8H,2,9,17-18H2,1H3,(H2,19,20). The second-order valence-corrected chi connectivity index (χ2v) is 4.68. The second-order valence-electron chi connectivity index (χ2n) is 4.68. The zero-order valence-electron chi connectivity index (χ0n) is 11.5. The minimum Gasteiger partial charge on any atom is -0.399 e. The fourth-order valence-electron chi connectivity index (χ4n) is 2.45. The molecule has 2 rings (SSSR count). The van der Waals surface area contributed by atoms with Crippen molar-refractivity contribution in [3.05, 3.63) is 53.1 Å². The van der Waals surface area contributed by atoms with Crippen molar-refractivity contribution < 1.29 is 4.79 Å². The maximum absolute atomic E-state index is 11.7. The maximum atomic E-state index is 11.7. The summed E-state index contributed by atoms with van der Waals surface area (Å²) in [6, 6.07) is 11.2. The Hall–Kier alpha value is -2.33. The third kappa shape index (κ3) is 2.51. The number of rotatable bonds is 4. The van der Waals surface area contributed by atoms with Gasteiger partial charge >= 0.3 is 0 Å². The summed E-state index contributed by atoms with van der Waals surface area (Å²) in [5.74, 6) is -0.485. The van der Waals surface area contributed by atoms with Crippen molar-refractivity contribution in [2.24, 2.45) is 11.5 Å². The van der Waals surface area contributed by atoms with Gasteiger partial charge in [0.1, 0.15) is 0 Å². The largest absolute Gasteiger partial charge is 0.399 e. The number of anilines is 1. The van der Waals surface area contributed by atoms with Crippen molar-refractivity contribution in [2.45, 2.75) is 19.9 Å². The van der Waals surface area contributed by atoms with Crippen molar-refractivity contribution in [3.63, 3.8) is 0 Å². The maximum Gasteiger partial charge on any atom is 0.249 e. The van der Waals surface area contributed by atoms with Crippen LogP contribution >= 0.6 is 0 Å². The van der Waals surface area contributed by atoms with Gasteiger partial charge < -0.3 is 17.2 Å². The van der Waals surface area contributed by atoms with Gasteiger partial charge in [0.25, 0.3) is 0 Å². The van der Waals surface area contributed by atoms with Gasteiger partial charge in [0.2, 0.25) is 5.91 Å². The van der Waals surface area contributed by atoms with Crippen molar-refractivity contribution >= 4 is 11.6 Å². The van der Waals surface area contributed by atoms with Crippen LogP contribution in [0.15, 0.2) is 36.4 Å². The Bertz CT molecular complexity index is 628. The fourth-order valence-corrected chi connectivity index (χ4v) is 2.45. The molecule has 0 aromatic heterocycles. The molecule has 2 aromatic carbocycles. The number of carbonyl (C=O) groups excluding carboxylic acids is 1. The molecule has 0 fully saturated rings. The van der Waals surface area contributed by atoms with Crippen LogP contribution in [0.25, 0.3) is 11.1 Å². The number of primary amides is 1. The molecular weight excluding hydrogens is 250 g/mol. The van der Waals surface area contributed by atoms with Crippen LogP contribution in [-0.4, -0.2) is 5.91 Å². The van der Waals surface area contributed by atoms with E-state index in [9.17, 15) is 4.79 Å². The van der Waals surface area contributed by atoms with Gasteiger partial charge in [-0.25, -0.2) is 0 Å². The zero-order valence-corrected chi connectivity index (χ0v) is 11.5. The van der Waals surface area contributed by atoms with Crippen molar-refractivity contribution in [1.82, 2.24) is 0 Å². The average Bonchev–Trinajstić information content (AvgIpc) is 2.46. The summed E-state index contributed by atoms with van der Waals surface area (Å²) in [6.45, 7) is 2.48. The summed E-state index contributed by atoms with van der Waals surface area (Å²) >= 11 is 0. The van der Waals surface area contributed by atoms with E-state index in [4.69, 9.17) is 17.2 Å².